The molecule has 0 radical (unpaired) electrons. The first-order valence-electron chi connectivity index (χ1n) is 47.5. The minimum atomic E-state index is -0.342. The van der Waals surface area contributed by atoms with Crippen molar-refractivity contribution >= 4 is 156 Å². The van der Waals surface area contributed by atoms with Gasteiger partial charge in [-0.2, -0.15) is 15.0 Å². The van der Waals surface area contributed by atoms with Crippen LogP contribution in [0.2, 0.25) is 30.1 Å². The lowest BCUT2D eigenvalue weighted by atomic mass is 9.81. The van der Waals surface area contributed by atoms with E-state index in [9.17, 15) is 43.2 Å². The van der Waals surface area contributed by atoms with Gasteiger partial charge >= 0.3 is 0 Å². The molecule has 3 N–H and O–H groups in total. The molecule has 8 unspecified atom stereocenters. The molecule has 7 fully saturated rings. The van der Waals surface area contributed by atoms with Crippen LogP contribution in [0.1, 0.15) is 90.4 Å². The maximum absolute atomic E-state index is 14.4. The number of halogens is 6. The fraction of sp³-hybridized carbons (Fsp3) is 0.447. The normalized spacial score (nSPS) is 19.6. The number of methoxy groups -OCH3 is 6. The van der Waals surface area contributed by atoms with Crippen LogP contribution in [-0.2, 0) is 48.4 Å². The quantitative estimate of drug-likeness (QED) is 0.0245. The van der Waals surface area contributed by atoms with Gasteiger partial charge < -0.3 is 59.1 Å². The predicted octanol–water partition coefficient (Wildman–Crippen LogP) is 15.0. The Morgan fingerprint density at radius 1 is 0.394 bits per heavy atom. The van der Waals surface area contributed by atoms with Crippen molar-refractivity contribution in [3.05, 3.63) is 179 Å². The van der Waals surface area contributed by atoms with Crippen molar-refractivity contribution in [1.29, 1.82) is 0 Å². The highest BCUT2D eigenvalue weighted by Gasteiger charge is 2.54. The van der Waals surface area contributed by atoms with Gasteiger partial charge in [0.15, 0.2) is 17.3 Å². The van der Waals surface area contributed by atoms with Crippen molar-refractivity contribution < 1.29 is 57.2 Å². The molecule has 3 saturated heterocycles. The van der Waals surface area contributed by atoms with Crippen LogP contribution in [0.3, 0.4) is 0 Å². The third-order valence-corrected chi connectivity index (χ3v) is 30.2. The molecule has 3 amide bonds. The molecule has 752 valence electrons. The van der Waals surface area contributed by atoms with Crippen molar-refractivity contribution in [3.63, 3.8) is 0 Å². The number of hydrogen-bond acceptors (Lipinski definition) is 27. The van der Waals surface area contributed by atoms with Crippen LogP contribution >= 0.6 is 69.6 Å². The summed E-state index contributed by atoms with van der Waals surface area (Å²) < 4.78 is 37.7. The molecule has 142 heavy (non-hydrogen) atoms. The van der Waals surface area contributed by atoms with E-state index in [1.807, 2.05) is 0 Å². The summed E-state index contributed by atoms with van der Waals surface area (Å²) in [5.41, 5.74) is 1.99. The average molecular weight is 2060 g/mol. The number of carbonyl (C=O) groups excluding carboxylic acids is 6. The van der Waals surface area contributed by atoms with E-state index in [0.29, 0.717) is 251 Å². The average Bonchev–Trinajstić information content (AvgIpc) is 1.27. The summed E-state index contributed by atoms with van der Waals surface area (Å²) in [6.45, 7) is 29.6. The number of benzene rings is 3. The number of aromatic nitrogens is 9. The van der Waals surface area contributed by atoms with Gasteiger partial charge in [-0.15, -0.1) is 0 Å². The van der Waals surface area contributed by atoms with Gasteiger partial charge in [-0.3, -0.25) is 71.6 Å². The van der Waals surface area contributed by atoms with Gasteiger partial charge in [-0.25, -0.2) is 15.0 Å². The third kappa shape index (κ3) is 24.1. The fourth-order valence-corrected chi connectivity index (χ4v) is 22.1. The molecule has 39 heteroatoms. The zero-order chi connectivity index (χ0) is 101. The number of pyridine rings is 3. The highest BCUT2D eigenvalue weighted by Crippen LogP contribution is 2.57. The van der Waals surface area contributed by atoms with E-state index in [1.165, 1.54) is 73.0 Å². The molecule has 3 aliphatic heterocycles. The largest absolute Gasteiger partial charge is 0.495 e. The van der Waals surface area contributed by atoms with Gasteiger partial charge in [-0.1, -0.05) is 134 Å². The summed E-state index contributed by atoms with van der Waals surface area (Å²) in [4.78, 5) is 157. The van der Waals surface area contributed by atoms with Gasteiger partial charge in [0, 0.05) is 225 Å². The summed E-state index contributed by atoms with van der Waals surface area (Å²) in [6, 6.07) is 9.90. The van der Waals surface area contributed by atoms with Crippen LogP contribution in [0.15, 0.2) is 133 Å². The van der Waals surface area contributed by atoms with Crippen LogP contribution in [0.4, 0.5) is 17.8 Å². The summed E-state index contributed by atoms with van der Waals surface area (Å²) in [5.74, 6) is 9.56. The molecule has 9 aromatic rings. The monoisotopic (exact) mass is 2060 g/mol. The van der Waals surface area contributed by atoms with Crippen LogP contribution in [0.5, 0.6) is 34.5 Å². The molecular formula is C103H118Cl6N18O15. The number of nitrogens with zero attached hydrogens (tertiary/aromatic N) is 15. The van der Waals surface area contributed by atoms with Crippen LogP contribution in [0.25, 0.3) is 66.5 Å². The van der Waals surface area contributed by atoms with Gasteiger partial charge in [0.05, 0.1) is 89.5 Å². The molecule has 8 atom stereocenters. The number of rotatable bonds is 35. The number of piperazine rings is 3. The molecule has 0 bridgehead atoms. The first-order chi connectivity index (χ1) is 68.5. The van der Waals surface area contributed by atoms with E-state index in [-0.39, 0.29) is 134 Å². The number of fused-ring (bicyclic) bond motifs is 4. The first-order valence-corrected chi connectivity index (χ1v) is 49.8. The number of ketones is 3. The molecule has 16 rings (SSSR count). The van der Waals surface area contributed by atoms with E-state index in [1.54, 1.807) is 90.3 Å². The van der Waals surface area contributed by atoms with Gasteiger partial charge in [0.25, 0.3) is 22.6 Å². The minimum Gasteiger partial charge on any atom is -0.495 e. The lowest BCUT2D eigenvalue weighted by molar-refractivity contribution is -0.128. The van der Waals surface area contributed by atoms with E-state index in [4.69, 9.17) is 113 Å². The SMILES string of the molecule is C=CC(=O)CC1CC2CC2C1Nc1ncc2cc(-c3c(Cl)c(OC)cc(OC)c3Cl)c(=O)n(CCN3CCN(C(=O)C=C)CC3)c2n1.C=CC(=O)CC1CCCCC1Nc1ncc2cc(-c3c(Cl)c(OC)cc(OC)c3Cl)c(=O)n(CCN3CCN(C(=O)C#CC)CC3)c2n1.C=CC(=O)CC1CCCCC1Nc1ncc2cc(-c3c(Cl)c(OC)cc(OC)c3Cl)c(=O)n(CCN3CCN(C(=O)C=C)CC3)c2n1. The molecule has 6 aromatic heterocycles. The number of ether oxygens (including phenoxy) is 6. The molecule has 9 heterocycles. The number of amides is 3. The van der Waals surface area contributed by atoms with Gasteiger partial charge in [0.1, 0.15) is 51.4 Å². The van der Waals surface area contributed by atoms with Gasteiger partial charge in [0.2, 0.25) is 29.7 Å². The summed E-state index contributed by atoms with van der Waals surface area (Å²) >= 11 is 40.6. The lowest BCUT2D eigenvalue weighted by Crippen LogP contribution is -2.49. The Bertz CT molecular complexity index is 6490. The van der Waals surface area contributed by atoms with E-state index < -0.39 is 0 Å². The van der Waals surface area contributed by atoms with E-state index in [2.05, 4.69) is 90.3 Å². The Labute approximate surface area is 853 Å². The minimum absolute atomic E-state index is 0.0119. The number of carbonyl (C=O) groups is 6. The summed E-state index contributed by atoms with van der Waals surface area (Å²) in [6.07, 6.45) is 23.0. The van der Waals surface area contributed by atoms with Crippen LogP contribution in [0, 0.1) is 41.4 Å². The maximum Gasteiger partial charge on any atom is 0.298 e. The Morgan fingerprint density at radius 3 is 1.00 bits per heavy atom. The summed E-state index contributed by atoms with van der Waals surface area (Å²) in [7, 11) is 8.87. The third-order valence-electron chi connectivity index (χ3n) is 27.9. The molecule has 33 nitrogen and oxygen atoms in total. The standard InChI is InChI=1S/C35H40Cl2N6O5.C34H38Cl2N6O5.C34H40Cl2N6O5/c1-5-9-29(45)42-15-12-41(13-16-42)14-17-43-33-23(19-25(34(43)46)30-31(36)27(47-3)20-28(48-4)32(30)37)21-38-35(40-33)39-26-11-8-7-10-22(26)18-24(44)6-2;1-5-22(43)14-20-13-19-15-23(19)31(20)38-34-37-18-21-16-24(28-29(35)25(46-3)17-26(47-4)30(28)36)33(45)42(32(21)39-34)12-9-40-7-10-41(11-8-40)27(44)6-2;1-5-23(43)17-21-9-7-8-10-25(21)38-34-37-20-22-18-24(29-30(35)26(46-3)19-27(47-4)31(29)36)33(45)42(32(22)39-34)16-13-40-11-14-41(15-12-40)28(44)6-2/h6,19-22,26H,2,7-8,10-18H2,1,3-4H3,(H,38,39,40);5-6,16-20,23,31H,1-2,7-15H2,3-4H3,(H,37,38,39);5-6,18-21,25H,1-2,7-17H2,3-4H3,(H,37,38,39). The summed E-state index contributed by atoms with van der Waals surface area (Å²) in [5, 5.41) is 13.4. The molecule has 4 aliphatic carbocycles. The number of allylic oxidation sites excluding steroid dienone is 3. The second-order valence-electron chi connectivity index (χ2n) is 36.1. The Morgan fingerprint density at radius 2 is 0.697 bits per heavy atom. The van der Waals surface area contributed by atoms with Crippen LogP contribution in [-0.4, -0.2) is 267 Å². The first kappa shape index (κ1) is 106. The Balaban J connectivity index is 0.000000169. The zero-order valence-electron chi connectivity index (χ0n) is 80.8. The van der Waals surface area contributed by atoms with Crippen molar-refractivity contribution in [2.24, 2.45) is 29.6 Å². The number of nitrogens with one attached hydrogen (secondary N) is 3. The molecule has 7 aliphatic rings. The topological polar surface area (TPSA) is 357 Å². The lowest BCUT2D eigenvalue weighted by Gasteiger charge is -2.34. The number of anilines is 3. The van der Waals surface area contributed by atoms with Gasteiger partial charge in [-0.05, 0) is 130 Å². The van der Waals surface area contributed by atoms with E-state index >= 15 is 0 Å². The van der Waals surface area contributed by atoms with E-state index in [0.717, 1.165) is 64.2 Å². The molecule has 0 spiro atoms. The maximum atomic E-state index is 14.4. The smallest absolute Gasteiger partial charge is 0.298 e. The Hall–Kier alpha value is -12.0. The molecule has 4 saturated carbocycles. The molecule has 3 aromatic carbocycles. The highest BCUT2D eigenvalue weighted by molar-refractivity contribution is 6.43. The second kappa shape index (κ2) is 48.4. The van der Waals surface area contributed by atoms with Crippen molar-refractivity contribution in [1.82, 2.24) is 73.0 Å². The molecular weight excluding hydrogens is 1940 g/mol. The van der Waals surface area contributed by atoms with Crippen molar-refractivity contribution in [2.45, 2.75) is 128 Å². The fourth-order valence-electron chi connectivity index (χ4n) is 20.0. The zero-order valence-corrected chi connectivity index (χ0v) is 85.3. The van der Waals surface area contributed by atoms with Crippen molar-refractivity contribution in [2.75, 3.05) is 157 Å². The van der Waals surface area contributed by atoms with Crippen molar-refractivity contribution in [3.8, 4) is 79.7 Å². The predicted molar refractivity (Wildman–Crippen MR) is 555 cm³/mol. The van der Waals surface area contributed by atoms with Crippen LogP contribution < -0.4 is 61.0 Å². The second-order valence-corrected chi connectivity index (χ2v) is 38.4. The Kier molecular flexibility index (Phi) is 36.1. The highest BCUT2D eigenvalue weighted by atomic mass is 35.5. The number of hydrogen-bond donors (Lipinski definition) is 3.